The Morgan fingerprint density at radius 3 is 2.50 bits per heavy atom. The first-order valence-electron chi connectivity index (χ1n) is 6.76. The highest BCUT2D eigenvalue weighted by Crippen LogP contribution is 2.05. The van der Waals surface area contributed by atoms with Crippen LogP contribution in [0, 0.1) is 0 Å². The van der Waals surface area contributed by atoms with E-state index in [1.54, 1.807) is 7.11 Å². The van der Waals surface area contributed by atoms with Gasteiger partial charge in [0, 0.05) is 38.5 Å². The Labute approximate surface area is 111 Å². The number of nitrogens with zero attached hydrogens (tertiary/aromatic N) is 1. The Morgan fingerprint density at radius 1 is 1.17 bits per heavy atom. The van der Waals surface area contributed by atoms with E-state index in [-0.39, 0.29) is 0 Å². The lowest BCUT2D eigenvalue weighted by Crippen LogP contribution is -2.35. The van der Waals surface area contributed by atoms with Gasteiger partial charge in [-0.3, -0.25) is 4.90 Å². The molecular formula is C15H26N2O. The first kappa shape index (κ1) is 15.0. The van der Waals surface area contributed by atoms with Gasteiger partial charge in [-0.15, -0.1) is 0 Å². The van der Waals surface area contributed by atoms with Gasteiger partial charge in [0.05, 0.1) is 6.61 Å². The van der Waals surface area contributed by atoms with E-state index in [4.69, 9.17) is 4.74 Å². The fraction of sp³-hybridized carbons (Fsp3) is 0.600. The fourth-order valence-corrected chi connectivity index (χ4v) is 1.91. The maximum Gasteiger partial charge on any atom is 0.0589 e. The molecule has 3 heteroatoms. The number of benzene rings is 1. The Hall–Kier alpha value is -1.06. The number of hydrogen-bond acceptors (Lipinski definition) is 3. The van der Waals surface area contributed by atoms with E-state index in [1.807, 2.05) is 6.07 Å². The summed E-state index contributed by atoms with van der Waals surface area (Å²) in [7, 11) is 1.76. The molecule has 3 nitrogen and oxygen atoms in total. The molecule has 0 saturated carbocycles. The number of para-hydroxylation sites is 1. The Balaban J connectivity index is 2.18. The predicted molar refractivity (Wildman–Crippen MR) is 78.1 cm³/mol. The first-order valence-corrected chi connectivity index (χ1v) is 6.76. The van der Waals surface area contributed by atoms with Crippen LogP contribution in [0.5, 0.6) is 0 Å². The lowest BCUT2D eigenvalue weighted by Gasteiger charge is -2.26. The highest BCUT2D eigenvalue weighted by Gasteiger charge is 2.07. The molecule has 1 rings (SSSR count). The Kier molecular flexibility index (Phi) is 7.46. The number of anilines is 1. The maximum atomic E-state index is 5.14. The zero-order chi connectivity index (χ0) is 13.2. The normalized spacial score (nSPS) is 11.2. The Bertz CT molecular complexity index is 301. The summed E-state index contributed by atoms with van der Waals surface area (Å²) in [6.07, 6.45) is 1.15. The van der Waals surface area contributed by atoms with Crippen LogP contribution in [0.15, 0.2) is 30.3 Å². The molecule has 0 aromatic heterocycles. The van der Waals surface area contributed by atoms with Crippen LogP contribution in [0.25, 0.3) is 0 Å². The summed E-state index contributed by atoms with van der Waals surface area (Å²) >= 11 is 0. The second kappa shape index (κ2) is 8.95. The van der Waals surface area contributed by atoms with Crippen LogP contribution < -0.4 is 5.32 Å². The van der Waals surface area contributed by atoms with Gasteiger partial charge in [-0.1, -0.05) is 18.2 Å². The third-order valence-electron chi connectivity index (χ3n) is 3.04. The van der Waals surface area contributed by atoms with Crippen LogP contribution in [0.1, 0.15) is 20.3 Å². The number of methoxy groups -OCH3 is 1. The smallest absolute Gasteiger partial charge is 0.0589 e. The minimum absolute atomic E-state index is 0.580. The zero-order valence-electron chi connectivity index (χ0n) is 11.9. The molecule has 0 aliphatic heterocycles. The largest absolute Gasteiger partial charge is 0.385 e. The van der Waals surface area contributed by atoms with Crippen LogP contribution in [-0.2, 0) is 4.74 Å². The van der Waals surface area contributed by atoms with Crippen molar-refractivity contribution in [1.29, 1.82) is 0 Å². The van der Waals surface area contributed by atoms with Gasteiger partial charge in [0.25, 0.3) is 0 Å². The highest BCUT2D eigenvalue weighted by atomic mass is 16.5. The molecule has 0 atom stereocenters. The minimum atomic E-state index is 0.580. The van der Waals surface area contributed by atoms with Crippen LogP contribution >= 0.6 is 0 Å². The Morgan fingerprint density at radius 2 is 1.89 bits per heavy atom. The quantitative estimate of drug-likeness (QED) is 0.682. The zero-order valence-corrected chi connectivity index (χ0v) is 11.9. The minimum Gasteiger partial charge on any atom is -0.385 e. The molecule has 1 aromatic rings. The van der Waals surface area contributed by atoms with Gasteiger partial charge in [0.15, 0.2) is 0 Å². The monoisotopic (exact) mass is 250 g/mol. The maximum absolute atomic E-state index is 5.14. The molecule has 1 N–H and O–H groups in total. The molecule has 0 amide bonds. The van der Waals surface area contributed by atoms with E-state index in [0.29, 0.717) is 6.04 Å². The van der Waals surface area contributed by atoms with Crippen molar-refractivity contribution < 1.29 is 4.74 Å². The van der Waals surface area contributed by atoms with Crippen LogP contribution in [0.2, 0.25) is 0 Å². The van der Waals surface area contributed by atoms with Gasteiger partial charge >= 0.3 is 0 Å². The van der Waals surface area contributed by atoms with Crippen LogP contribution in [-0.4, -0.2) is 44.3 Å². The number of hydrogen-bond donors (Lipinski definition) is 1. The van der Waals surface area contributed by atoms with Crippen molar-refractivity contribution in [2.45, 2.75) is 26.3 Å². The lowest BCUT2D eigenvalue weighted by molar-refractivity contribution is 0.129. The molecule has 0 aliphatic rings. The molecule has 0 saturated heterocycles. The van der Waals surface area contributed by atoms with Crippen molar-refractivity contribution in [2.75, 3.05) is 38.7 Å². The summed E-state index contributed by atoms with van der Waals surface area (Å²) in [5.74, 6) is 0. The average Bonchev–Trinajstić information content (AvgIpc) is 2.38. The third-order valence-corrected chi connectivity index (χ3v) is 3.04. The average molecular weight is 250 g/mol. The van der Waals surface area contributed by atoms with Gasteiger partial charge in [0.1, 0.15) is 0 Å². The summed E-state index contributed by atoms with van der Waals surface area (Å²) in [5.41, 5.74) is 1.20. The molecule has 0 radical (unpaired) electrons. The molecular weight excluding hydrogens is 224 g/mol. The van der Waals surface area contributed by atoms with Crippen LogP contribution in [0.3, 0.4) is 0 Å². The van der Waals surface area contributed by atoms with Crippen molar-refractivity contribution in [3.05, 3.63) is 30.3 Å². The van der Waals surface area contributed by atoms with Gasteiger partial charge in [-0.2, -0.15) is 0 Å². The highest BCUT2D eigenvalue weighted by molar-refractivity contribution is 5.42. The van der Waals surface area contributed by atoms with E-state index in [1.165, 1.54) is 5.69 Å². The molecule has 0 aliphatic carbocycles. The van der Waals surface area contributed by atoms with E-state index >= 15 is 0 Å². The molecule has 102 valence electrons. The summed E-state index contributed by atoms with van der Waals surface area (Å²) in [6, 6.07) is 10.9. The lowest BCUT2D eigenvalue weighted by atomic mass is 10.2. The van der Waals surface area contributed by atoms with Gasteiger partial charge < -0.3 is 10.1 Å². The SMILES string of the molecule is COCCN(CCCNc1ccccc1)C(C)C. The van der Waals surface area contributed by atoms with Crippen molar-refractivity contribution in [3.8, 4) is 0 Å². The van der Waals surface area contributed by atoms with Crippen molar-refractivity contribution in [1.82, 2.24) is 4.90 Å². The number of nitrogens with one attached hydrogen (secondary N) is 1. The van der Waals surface area contributed by atoms with E-state index < -0.39 is 0 Å². The molecule has 18 heavy (non-hydrogen) atoms. The summed E-state index contributed by atoms with van der Waals surface area (Å²) in [4.78, 5) is 2.45. The molecule has 0 fully saturated rings. The topological polar surface area (TPSA) is 24.5 Å². The van der Waals surface area contributed by atoms with E-state index in [9.17, 15) is 0 Å². The third kappa shape index (κ3) is 6.03. The number of ether oxygens (including phenoxy) is 1. The molecule has 0 heterocycles. The van der Waals surface area contributed by atoms with Crippen molar-refractivity contribution >= 4 is 5.69 Å². The predicted octanol–water partition coefficient (Wildman–Crippen LogP) is 2.85. The van der Waals surface area contributed by atoms with Crippen molar-refractivity contribution in [2.24, 2.45) is 0 Å². The molecule has 0 unspecified atom stereocenters. The van der Waals surface area contributed by atoms with Crippen molar-refractivity contribution in [3.63, 3.8) is 0 Å². The number of rotatable bonds is 9. The van der Waals surface area contributed by atoms with E-state index in [0.717, 1.165) is 32.7 Å². The van der Waals surface area contributed by atoms with Gasteiger partial charge in [-0.05, 0) is 32.4 Å². The van der Waals surface area contributed by atoms with Gasteiger partial charge in [-0.25, -0.2) is 0 Å². The second-order valence-corrected chi connectivity index (χ2v) is 4.77. The summed E-state index contributed by atoms with van der Waals surface area (Å²) in [5, 5.41) is 3.44. The standard InChI is InChI=1S/C15H26N2O/c1-14(2)17(12-13-18-3)11-7-10-16-15-8-5-4-6-9-15/h4-6,8-9,14,16H,7,10-13H2,1-3H3. The van der Waals surface area contributed by atoms with Gasteiger partial charge in [0.2, 0.25) is 0 Å². The molecule has 1 aromatic carbocycles. The summed E-state index contributed by atoms with van der Waals surface area (Å²) in [6.45, 7) is 8.42. The molecule has 0 spiro atoms. The van der Waals surface area contributed by atoms with Crippen LogP contribution in [0.4, 0.5) is 5.69 Å². The first-order chi connectivity index (χ1) is 8.74. The fourth-order valence-electron chi connectivity index (χ4n) is 1.91. The molecule has 0 bridgehead atoms. The summed E-state index contributed by atoms with van der Waals surface area (Å²) < 4.78 is 5.14. The second-order valence-electron chi connectivity index (χ2n) is 4.77. The van der Waals surface area contributed by atoms with E-state index in [2.05, 4.69) is 48.3 Å².